The normalized spacial score (nSPS) is 10.1. The minimum atomic E-state index is 0.0708. The van der Waals surface area contributed by atoms with Crippen LogP contribution in [0.25, 0.3) is 43.8 Å². The van der Waals surface area contributed by atoms with Crippen molar-refractivity contribution in [2.45, 2.75) is 234 Å². The van der Waals surface area contributed by atoms with Gasteiger partial charge in [-0.15, -0.1) is 0 Å². The van der Waals surface area contributed by atoms with Gasteiger partial charge in [0.2, 0.25) is 0 Å². The summed E-state index contributed by atoms with van der Waals surface area (Å²) in [6.45, 7) is 70.4. The highest BCUT2D eigenvalue weighted by Gasteiger charge is 2.22. The van der Waals surface area contributed by atoms with Crippen LogP contribution in [0.4, 0.5) is 0 Å². The van der Waals surface area contributed by atoms with Crippen molar-refractivity contribution in [1.82, 2.24) is 0 Å². The molecule has 0 aliphatic rings. The largest absolute Gasteiger partial charge is 0.457 e. The summed E-state index contributed by atoms with van der Waals surface area (Å²) in [5, 5.41) is 5.34. The Bertz CT molecular complexity index is 5620. The number of benzene rings is 17. The molecule has 134 heavy (non-hydrogen) atoms. The van der Waals surface area contributed by atoms with E-state index in [1.165, 1.54) is 194 Å². The van der Waals surface area contributed by atoms with Crippen LogP contribution in [0, 0.1) is 179 Å². The van der Waals surface area contributed by atoms with Crippen LogP contribution in [0.2, 0.25) is 0 Å². The van der Waals surface area contributed by atoms with Crippen LogP contribution in [0.3, 0.4) is 0 Å². The van der Waals surface area contributed by atoms with Crippen LogP contribution in [0.5, 0.6) is 11.5 Å². The van der Waals surface area contributed by atoms with Crippen molar-refractivity contribution < 1.29 is 4.74 Å². The minimum Gasteiger partial charge on any atom is -0.457 e. The number of hydrogen-bond donors (Lipinski definition) is 0. The van der Waals surface area contributed by atoms with Gasteiger partial charge in [-0.2, -0.15) is 0 Å². The first-order valence-electron chi connectivity index (χ1n) is 47.8. The van der Waals surface area contributed by atoms with Crippen molar-refractivity contribution in [3.05, 3.63) is 520 Å². The summed E-state index contributed by atoms with van der Waals surface area (Å²) in [6, 6.07) is 131. The molecule has 0 heterocycles. The number of rotatable bonds is 6. The predicted molar refractivity (Wildman–Crippen MR) is 597 cm³/mol. The fraction of sp³-hybridized carbons (Fsp3) is 0.263. The molecule has 0 N–H and O–H groups in total. The van der Waals surface area contributed by atoms with Crippen molar-refractivity contribution in [3.8, 4) is 33.8 Å². The molecule has 0 saturated heterocycles. The molecule has 0 unspecified atom stereocenters. The van der Waals surface area contributed by atoms with Crippen molar-refractivity contribution in [2.24, 2.45) is 5.41 Å². The van der Waals surface area contributed by atoms with Crippen LogP contribution in [-0.4, -0.2) is 0 Å². The summed E-state index contributed by atoms with van der Waals surface area (Å²) >= 11 is 0. The SMILES string of the molecule is CC.CC(C)(C)C.Cc1cc(-c2cc(C)c(C)c(C)c2)cc(C)c1C.Cc1ccc(-c2ccc(C)cc2)cc1.Cc1ccc(C(C)(C)c2ccc(C)cc2)cc1.Cc1ccc(C)cc1.Cc1ccc(C)cc1.Cc1ccc(C)cc1.Cc1ccc(C)cc1.Cc1ccc(Oc2ccc(C)cc2)cc1.Cc1ccc2cc(C)ccc2c1.Cc1ccc2ccc(C)cc2c1.Cc1ccccc1. The molecule has 0 aliphatic carbocycles. The summed E-state index contributed by atoms with van der Waals surface area (Å²) < 4.78 is 5.69. The maximum absolute atomic E-state index is 5.69. The van der Waals surface area contributed by atoms with Crippen molar-refractivity contribution >= 4 is 21.5 Å². The first kappa shape index (κ1) is 112. The van der Waals surface area contributed by atoms with E-state index in [1.54, 1.807) is 0 Å². The Morgan fingerprint density at radius 3 is 0.537 bits per heavy atom. The smallest absolute Gasteiger partial charge is 0.127 e. The zero-order chi connectivity index (χ0) is 99.2. The highest BCUT2D eigenvalue weighted by atomic mass is 16.5. The highest BCUT2D eigenvalue weighted by molar-refractivity contribution is 5.84. The average molecular weight is 1770 g/mol. The Balaban J connectivity index is 0.000000262. The van der Waals surface area contributed by atoms with Gasteiger partial charge in [-0.1, -0.05) is 507 Å². The quantitative estimate of drug-likeness (QED) is 0.161. The Hall–Kier alpha value is -12.9. The van der Waals surface area contributed by atoms with E-state index in [1.807, 2.05) is 80.6 Å². The lowest BCUT2D eigenvalue weighted by Gasteiger charge is -2.26. The summed E-state index contributed by atoms with van der Waals surface area (Å²) in [5.41, 5.74) is 41.8. The molecule has 0 aromatic heterocycles. The number of aryl methyl sites for hydroxylation is 23. The zero-order valence-corrected chi connectivity index (χ0v) is 88.1. The molecule has 0 fully saturated rings. The lowest BCUT2D eigenvalue weighted by molar-refractivity contribution is 0.469. The molecule has 17 rings (SSSR count). The summed E-state index contributed by atoms with van der Waals surface area (Å²) in [6.07, 6.45) is 0. The van der Waals surface area contributed by atoms with Crippen LogP contribution in [0.15, 0.2) is 370 Å². The Morgan fingerprint density at radius 1 is 0.157 bits per heavy atom. The van der Waals surface area contributed by atoms with E-state index >= 15 is 0 Å². The Labute approximate surface area is 814 Å². The van der Waals surface area contributed by atoms with Crippen molar-refractivity contribution in [1.29, 1.82) is 0 Å². The molecule has 17 aromatic rings. The maximum atomic E-state index is 5.69. The van der Waals surface area contributed by atoms with E-state index in [2.05, 4.69) is 518 Å². The predicted octanol–water partition coefficient (Wildman–Crippen LogP) is 39.1. The molecule has 0 saturated carbocycles. The monoisotopic (exact) mass is 1770 g/mol. The first-order valence-corrected chi connectivity index (χ1v) is 47.8. The Kier molecular flexibility index (Phi) is 47.9. The average Bonchev–Trinajstić information content (AvgIpc) is 0.806. The molecule has 0 bridgehead atoms. The second-order valence-electron chi connectivity index (χ2n) is 38.3. The summed E-state index contributed by atoms with van der Waals surface area (Å²) in [4.78, 5) is 0. The van der Waals surface area contributed by atoms with E-state index in [4.69, 9.17) is 4.74 Å². The molecule has 698 valence electrons. The third kappa shape index (κ3) is 43.6. The second kappa shape index (κ2) is 57.5. The molecular weight excluding hydrogens is 1610 g/mol. The molecule has 0 atom stereocenters. The minimum absolute atomic E-state index is 0.0708. The van der Waals surface area contributed by atoms with Crippen molar-refractivity contribution in [2.75, 3.05) is 0 Å². The van der Waals surface area contributed by atoms with Crippen LogP contribution in [-0.2, 0) is 5.41 Å². The van der Waals surface area contributed by atoms with Gasteiger partial charge in [0.1, 0.15) is 11.5 Å². The molecule has 0 spiro atoms. The van der Waals surface area contributed by atoms with E-state index in [9.17, 15) is 0 Å². The Morgan fingerprint density at radius 2 is 0.328 bits per heavy atom. The third-order valence-corrected chi connectivity index (χ3v) is 22.6. The standard InChI is InChI=1S/C18H22.C17H20.C14H14O.C14H14.2C12H12.4C8H10.C7H8.C5H12.C2H6/c1-11-7-17(8-12(2)15(11)5)18-9-13(3)16(6)14(4)10-18;1-13-5-9-15(10-6-13)17(3,4)16-11-7-14(2)8-12-16;1-11-3-7-13(8-4-11)15-14-9-5-12(2)6-10-14;1-11-3-7-13(8-4-11)14-9-5-12(2)6-10-14;1-9-3-5-12-8-10(2)4-6-11(12)7-9;1-9-3-5-11-6-4-10(2)8-12(11)7-9;4*1-7-3-5-8(2)6-4-7;1-7-5-3-2-4-6-7;1-5(2,3)4;1-2/h7-10H,1-6H3;5-12H,1-4H3;3-10H,1-2H3;3-10H,1-2H3;2*3-8H,1-2H3;4*3-6H,1-2H3;2-6H,1H3;1-4H3;1-2H3. The maximum Gasteiger partial charge on any atom is 0.127 e. The molecular formula is C133H160O. The molecule has 17 aromatic carbocycles. The summed E-state index contributed by atoms with van der Waals surface area (Å²) in [5.74, 6) is 1.76. The molecule has 0 amide bonds. The first-order chi connectivity index (χ1) is 63.4. The van der Waals surface area contributed by atoms with Gasteiger partial charge in [0.15, 0.2) is 0 Å². The topological polar surface area (TPSA) is 9.23 Å². The number of ether oxygens (including phenoxy) is 1. The number of hydrogen-bond acceptors (Lipinski definition) is 1. The van der Waals surface area contributed by atoms with Gasteiger partial charge in [0.25, 0.3) is 0 Å². The lowest BCUT2D eigenvalue weighted by atomic mass is 9.78. The molecule has 1 nitrogen and oxygen atoms in total. The van der Waals surface area contributed by atoms with E-state index in [-0.39, 0.29) is 5.41 Å². The van der Waals surface area contributed by atoms with E-state index in [0.717, 1.165) is 11.5 Å². The fourth-order valence-corrected chi connectivity index (χ4v) is 13.4. The van der Waals surface area contributed by atoms with Gasteiger partial charge in [0, 0.05) is 5.41 Å². The summed E-state index contributed by atoms with van der Waals surface area (Å²) in [7, 11) is 0. The lowest BCUT2D eigenvalue weighted by Crippen LogP contribution is -2.18. The highest BCUT2D eigenvalue weighted by Crippen LogP contribution is 2.33. The van der Waals surface area contributed by atoms with Gasteiger partial charge in [-0.05, 0) is 291 Å². The number of fused-ring (bicyclic) bond motifs is 2. The van der Waals surface area contributed by atoms with Crippen LogP contribution < -0.4 is 4.74 Å². The molecule has 0 radical (unpaired) electrons. The van der Waals surface area contributed by atoms with Crippen molar-refractivity contribution in [3.63, 3.8) is 0 Å². The zero-order valence-electron chi connectivity index (χ0n) is 88.1. The van der Waals surface area contributed by atoms with Crippen LogP contribution >= 0.6 is 0 Å². The van der Waals surface area contributed by atoms with E-state index < -0.39 is 0 Å². The third-order valence-electron chi connectivity index (χ3n) is 22.6. The molecule has 1 heteroatoms. The van der Waals surface area contributed by atoms with Gasteiger partial charge < -0.3 is 4.74 Å². The van der Waals surface area contributed by atoms with Gasteiger partial charge in [-0.25, -0.2) is 0 Å². The van der Waals surface area contributed by atoms with Gasteiger partial charge in [0.05, 0.1) is 0 Å². The van der Waals surface area contributed by atoms with E-state index in [0.29, 0.717) is 5.41 Å². The van der Waals surface area contributed by atoms with Gasteiger partial charge >= 0.3 is 0 Å². The second-order valence-corrected chi connectivity index (χ2v) is 38.3. The van der Waals surface area contributed by atoms with Gasteiger partial charge in [-0.3, -0.25) is 0 Å². The van der Waals surface area contributed by atoms with Crippen LogP contribution in [0.1, 0.15) is 206 Å². The fourth-order valence-electron chi connectivity index (χ4n) is 13.4. The molecule has 0 aliphatic heterocycles.